The van der Waals surface area contributed by atoms with Crippen molar-refractivity contribution in [2.45, 2.75) is 32.1 Å². The van der Waals surface area contributed by atoms with Crippen LogP contribution in [0.5, 0.6) is 0 Å². The first kappa shape index (κ1) is 27.2. The zero-order chi connectivity index (χ0) is 32.6. The molecule has 2 aliphatic carbocycles. The van der Waals surface area contributed by atoms with Crippen LogP contribution in [0.3, 0.4) is 0 Å². The Hall–Kier alpha value is -5.74. The number of rotatable bonds is 2. The summed E-state index contributed by atoms with van der Waals surface area (Å²) in [5.41, 5.74) is 14.3. The molecule has 8 aromatic rings. The maximum atomic E-state index is 14.7. The fraction of sp³-hybridized carbons (Fsp3) is 0.111. The second-order valence-corrected chi connectivity index (χ2v) is 14.4. The summed E-state index contributed by atoms with van der Waals surface area (Å²) in [5, 5.41) is 6.18. The Labute approximate surface area is 284 Å². The first-order valence-corrected chi connectivity index (χ1v) is 17.2. The SMILES string of the molecule is CC1(C)C2=C(CCC=C2)c2c1c(=O)n1c(-c3ccc4c(c3)-c3cc(-c5ccc6ccc7ccccc7c6c5)ccc3[B]4)nc3cccc2c31. The zero-order valence-corrected chi connectivity index (χ0v) is 27.3. The fourth-order valence-electron chi connectivity index (χ4n) is 9.11. The molecule has 3 aliphatic rings. The molecule has 0 amide bonds. The van der Waals surface area contributed by atoms with E-state index in [2.05, 4.69) is 136 Å². The molecule has 3 heterocycles. The summed E-state index contributed by atoms with van der Waals surface area (Å²) in [5.74, 6) is 0.712. The molecule has 1 radical (unpaired) electrons. The van der Waals surface area contributed by atoms with Gasteiger partial charge in [0.15, 0.2) is 7.28 Å². The van der Waals surface area contributed by atoms with E-state index in [0.717, 1.165) is 46.0 Å². The van der Waals surface area contributed by atoms with Crippen molar-refractivity contribution in [3.05, 3.63) is 148 Å². The summed E-state index contributed by atoms with van der Waals surface area (Å²) < 4.78 is 1.91. The highest BCUT2D eigenvalue weighted by Gasteiger charge is 2.42. The summed E-state index contributed by atoms with van der Waals surface area (Å²) in [6.07, 6.45) is 6.48. The lowest BCUT2D eigenvalue weighted by Crippen LogP contribution is -2.29. The molecule has 0 atom stereocenters. The highest BCUT2D eigenvalue weighted by atomic mass is 16.1. The van der Waals surface area contributed by atoms with Crippen LogP contribution in [-0.2, 0) is 5.41 Å². The molecule has 0 fully saturated rings. The molecule has 0 saturated carbocycles. The first-order valence-electron chi connectivity index (χ1n) is 17.2. The first-order chi connectivity index (χ1) is 24.0. The van der Waals surface area contributed by atoms with E-state index in [1.807, 2.05) is 10.5 Å². The minimum Gasteiger partial charge on any atom is -0.269 e. The van der Waals surface area contributed by atoms with Crippen molar-refractivity contribution in [3.63, 3.8) is 0 Å². The molecule has 0 N–H and O–H groups in total. The molecule has 0 bridgehead atoms. The van der Waals surface area contributed by atoms with Crippen LogP contribution in [0.15, 0.2) is 132 Å². The summed E-state index contributed by atoms with van der Waals surface area (Å²) in [6.45, 7) is 4.41. The third-order valence-electron chi connectivity index (χ3n) is 11.4. The average molecular weight is 626 g/mol. The largest absolute Gasteiger partial charge is 0.269 e. The molecule has 6 aromatic carbocycles. The molecular formula is C45H30BN2O. The molecule has 4 heteroatoms. The van der Waals surface area contributed by atoms with Crippen LogP contribution in [0, 0.1) is 0 Å². The van der Waals surface area contributed by atoms with E-state index in [1.165, 1.54) is 65.9 Å². The van der Waals surface area contributed by atoms with E-state index in [0.29, 0.717) is 5.82 Å². The molecule has 0 saturated heterocycles. The van der Waals surface area contributed by atoms with Gasteiger partial charge in [0.05, 0.1) is 11.0 Å². The van der Waals surface area contributed by atoms with Crippen molar-refractivity contribution in [3.8, 4) is 33.6 Å². The molecule has 2 aromatic heterocycles. The van der Waals surface area contributed by atoms with Gasteiger partial charge in [0.1, 0.15) is 5.82 Å². The van der Waals surface area contributed by atoms with Crippen LogP contribution < -0.4 is 16.5 Å². The van der Waals surface area contributed by atoms with Crippen LogP contribution in [0.4, 0.5) is 0 Å². The van der Waals surface area contributed by atoms with Gasteiger partial charge in [-0.1, -0.05) is 122 Å². The zero-order valence-electron chi connectivity index (χ0n) is 27.3. The number of allylic oxidation sites excluding steroid dienone is 4. The quantitative estimate of drug-likeness (QED) is 0.142. The van der Waals surface area contributed by atoms with Gasteiger partial charge in [0, 0.05) is 21.9 Å². The maximum Gasteiger partial charge on any atom is 0.261 e. The van der Waals surface area contributed by atoms with E-state index in [1.54, 1.807) is 0 Å². The van der Waals surface area contributed by atoms with Crippen LogP contribution in [-0.4, -0.2) is 16.7 Å². The van der Waals surface area contributed by atoms with Gasteiger partial charge in [-0.2, -0.15) is 0 Å². The predicted octanol–water partition coefficient (Wildman–Crippen LogP) is 8.96. The number of pyridine rings is 1. The van der Waals surface area contributed by atoms with Crippen molar-refractivity contribution in [2.75, 3.05) is 0 Å². The monoisotopic (exact) mass is 625 g/mol. The molecular weight excluding hydrogens is 595 g/mol. The van der Waals surface area contributed by atoms with Crippen molar-refractivity contribution >= 4 is 61.7 Å². The van der Waals surface area contributed by atoms with Crippen molar-refractivity contribution < 1.29 is 0 Å². The topological polar surface area (TPSA) is 34.4 Å². The Balaban J connectivity index is 1.08. The molecule has 49 heavy (non-hydrogen) atoms. The van der Waals surface area contributed by atoms with Gasteiger partial charge >= 0.3 is 0 Å². The Morgan fingerprint density at radius 3 is 2.27 bits per heavy atom. The lowest BCUT2D eigenvalue weighted by Gasteiger charge is -2.23. The fourth-order valence-corrected chi connectivity index (χ4v) is 9.11. The number of hydrogen-bond donors (Lipinski definition) is 0. The predicted molar refractivity (Wildman–Crippen MR) is 205 cm³/mol. The summed E-state index contributed by atoms with van der Waals surface area (Å²) in [6, 6.07) is 39.5. The van der Waals surface area contributed by atoms with Crippen LogP contribution >= 0.6 is 0 Å². The second kappa shape index (κ2) is 9.45. The molecule has 0 unspecified atom stereocenters. The number of para-hydroxylation sites is 1. The smallest absolute Gasteiger partial charge is 0.261 e. The minimum atomic E-state index is -0.364. The van der Waals surface area contributed by atoms with E-state index in [-0.39, 0.29) is 11.0 Å². The molecule has 11 rings (SSSR count). The van der Waals surface area contributed by atoms with E-state index < -0.39 is 0 Å². The lowest BCUT2D eigenvalue weighted by atomic mass is 9.68. The van der Waals surface area contributed by atoms with Crippen LogP contribution in [0.25, 0.3) is 77.2 Å². The lowest BCUT2D eigenvalue weighted by molar-refractivity contribution is 0.640. The molecule has 229 valence electrons. The van der Waals surface area contributed by atoms with E-state index in [4.69, 9.17) is 4.98 Å². The Morgan fingerprint density at radius 1 is 0.714 bits per heavy atom. The third-order valence-corrected chi connectivity index (χ3v) is 11.4. The van der Waals surface area contributed by atoms with Gasteiger partial charge < -0.3 is 0 Å². The van der Waals surface area contributed by atoms with Gasteiger partial charge in [0.2, 0.25) is 0 Å². The Kier molecular flexibility index (Phi) is 5.25. The van der Waals surface area contributed by atoms with E-state index >= 15 is 0 Å². The summed E-state index contributed by atoms with van der Waals surface area (Å²) >= 11 is 0. The number of nitrogens with zero attached hydrogens (tertiary/aromatic N) is 2. The number of aromatic nitrogens is 2. The third kappa shape index (κ3) is 3.58. The summed E-state index contributed by atoms with van der Waals surface area (Å²) in [7, 11) is 2.27. The number of hydrogen-bond acceptors (Lipinski definition) is 2. The van der Waals surface area contributed by atoms with E-state index in [9.17, 15) is 4.79 Å². The maximum absolute atomic E-state index is 14.7. The normalized spacial score (nSPS) is 15.6. The highest BCUT2D eigenvalue weighted by molar-refractivity contribution is 6.73. The summed E-state index contributed by atoms with van der Waals surface area (Å²) in [4.78, 5) is 19.9. The standard InChI is InChI=1S/C45H30BN2O/c1-45(2)36-12-6-5-10-31(36)40-32-11-7-13-39-42(32)48(44(49)41(40)45)43(47-39)29-19-21-38-35(24-29)34-23-28(18-20-37(34)46-38)27-17-16-26-15-14-25-8-3-4-9-30(25)33(26)22-27/h3-4,6-9,11-24H,5,10H2,1-2H3. The molecule has 1 aliphatic heterocycles. The van der Waals surface area contributed by atoms with Gasteiger partial charge in [-0.3, -0.25) is 9.20 Å². The van der Waals surface area contributed by atoms with Crippen molar-refractivity contribution in [1.82, 2.24) is 9.38 Å². The minimum absolute atomic E-state index is 0.0533. The highest BCUT2D eigenvalue weighted by Crippen LogP contribution is 2.51. The number of imidazole rings is 1. The molecule has 0 spiro atoms. The molecule has 3 nitrogen and oxygen atoms in total. The van der Waals surface area contributed by atoms with Gasteiger partial charge in [0.25, 0.3) is 5.56 Å². The van der Waals surface area contributed by atoms with Crippen LogP contribution in [0.1, 0.15) is 37.8 Å². The van der Waals surface area contributed by atoms with Gasteiger partial charge in [-0.05, 0) is 97.6 Å². The van der Waals surface area contributed by atoms with Crippen molar-refractivity contribution in [1.29, 1.82) is 0 Å². The number of benzene rings is 6. The Morgan fingerprint density at radius 2 is 1.41 bits per heavy atom. The van der Waals surface area contributed by atoms with Gasteiger partial charge in [-0.25, -0.2) is 4.98 Å². The number of fused-ring (bicyclic) bond motifs is 9. The second-order valence-electron chi connectivity index (χ2n) is 14.4. The van der Waals surface area contributed by atoms with Crippen molar-refractivity contribution in [2.24, 2.45) is 0 Å². The van der Waals surface area contributed by atoms with Gasteiger partial charge in [-0.15, -0.1) is 0 Å². The average Bonchev–Trinajstić information content (AvgIpc) is 3.78. The Bertz CT molecular complexity index is 2910. The van der Waals surface area contributed by atoms with Crippen LogP contribution in [0.2, 0.25) is 0 Å².